The number of esters is 1. The number of ether oxygens (including phenoxy) is 1. The van der Waals surface area contributed by atoms with Gasteiger partial charge in [-0.25, -0.2) is 9.78 Å². The highest BCUT2D eigenvalue weighted by atomic mass is 16.5. The van der Waals surface area contributed by atoms with Crippen molar-refractivity contribution in [3.8, 4) is 17.3 Å². The molecule has 0 fully saturated rings. The second-order valence-corrected chi connectivity index (χ2v) is 7.94. The molecule has 3 rings (SSSR count). The summed E-state index contributed by atoms with van der Waals surface area (Å²) in [6.07, 6.45) is -1.06. The number of carbonyl (C=O) groups is 2. The van der Waals surface area contributed by atoms with Crippen molar-refractivity contribution in [3.63, 3.8) is 0 Å². The molecule has 0 radical (unpaired) electrons. The molecule has 0 bridgehead atoms. The predicted octanol–water partition coefficient (Wildman–Crippen LogP) is 4.50. The first-order valence-electron chi connectivity index (χ1n) is 10.1. The Morgan fingerprint density at radius 2 is 1.71 bits per heavy atom. The zero-order valence-corrected chi connectivity index (χ0v) is 18.0. The lowest BCUT2D eigenvalue weighted by molar-refractivity contribution is -0.130. The Bertz CT molecular complexity index is 1150. The van der Waals surface area contributed by atoms with E-state index in [4.69, 9.17) is 4.74 Å². The Balaban J connectivity index is 1.90. The number of para-hydroxylation sites is 1. The number of aromatic nitrogens is 1. The quantitative estimate of drug-likeness (QED) is 0.599. The molecule has 0 saturated carbocycles. The molecule has 1 heterocycles. The molecule has 3 aromatic rings. The van der Waals surface area contributed by atoms with Crippen molar-refractivity contribution in [3.05, 3.63) is 66.2 Å². The van der Waals surface area contributed by atoms with Crippen LogP contribution >= 0.6 is 0 Å². The molecule has 2 aromatic carbocycles. The second kappa shape index (κ2) is 8.97. The topological polar surface area (TPSA) is 92.1 Å². The van der Waals surface area contributed by atoms with E-state index >= 15 is 0 Å². The van der Waals surface area contributed by atoms with Crippen LogP contribution in [0, 0.1) is 17.2 Å². The summed E-state index contributed by atoms with van der Waals surface area (Å²) in [7, 11) is 0. The fourth-order valence-electron chi connectivity index (χ4n) is 3.04. The number of pyridine rings is 1. The second-order valence-electron chi connectivity index (χ2n) is 7.94. The van der Waals surface area contributed by atoms with Crippen LogP contribution in [0.3, 0.4) is 0 Å². The third-order valence-electron chi connectivity index (χ3n) is 5.43. The van der Waals surface area contributed by atoms with E-state index in [0.717, 1.165) is 5.56 Å². The maximum absolute atomic E-state index is 13.0. The maximum atomic E-state index is 13.0. The van der Waals surface area contributed by atoms with Gasteiger partial charge >= 0.3 is 5.97 Å². The highest BCUT2D eigenvalue weighted by Crippen LogP contribution is 2.25. The lowest BCUT2D eigenvalue weighted by atomic mass is 9.90. The molecule has 1 amide bonds. The molecule has 0 aliphatic carbocycles. The van der Waals surface area contributed by atoms with Gasteiger partial charge < -0.3 is 10.1 Å². The Kier molecular flexibility index (Phi) is 6.36. The van der Waals surface area contributed by atoms with Crippen molar-refractivity contribution in [2.75, 3.05) is 0 Å². The number of rotatable bonds is 6. The van der Waals surface area contributed by atoms with E-state index in [9.17, 15) is 14.9 Å². The van der Waals surface area contributed by atoms with Crippen LogP contribution in [0.5, 0.6) is 0 Å². The highest BCUT2D eigenvalue weighted by molar-refractivity contribution is 6.05. The average Bonchev–Trinajstić information content (AvgIpc) is 2.78. The number of nitrogens with one attached hydrogen (secondary N) is 1. The summed E-state index contributed by atoms with van der Waals surface area (Å²) in [5, 5.41) is 12.8. The molecule has 31 heavy (non-hydrogen) atoms. The van der Waals surface area contributed by atoms with Crippen LogP contribution in [0.1, 0.15) is 38.1 Å². The van der Waals surface area contributed by atoms with Crippen LogP contribution in [0.4, 0.5) is 0 Å². The summed E-state index contributed by atoms with van der Waals surface area (Å²) < 4.78 is 5.48. The van der Waals surface area contributed by atoms with E-state index in [1.807, 2.05) is 62.4 Å². The number of nitrogens with zero attached hydrogens (tertiary/aromatic N) is 2. The summed E-state index contributed by atoms with van der Waals surface area (Å²) in [5.41, 5.74) is 1.44. The third-order valence-corrected chi connectivity index (χ3v) is 5.43. The molecule has 2 atom stereocenters. The molecule has 1 N–H and O–H groups in total. The fraction of sp³-hybridized carbons (Fsp3) is 0.280. The maximum Gasteiger partial charge on any atom is 0.339 e. The number of hydrogen-bond acceptors (Lipinski definition) is 5. The highest BCUT2D eigenvalue weighted by Gasteiger charge is 2.33. The van der Waals surface area contributed by atoms with Crippen molar-refractivity contribution in [1.29, 1.82) is 5.26 Å². The standard InChI is InChI=1S/C25H25N3O3/c1-16(2)25(4,15-26)28-23(29)17(3)31-24(30)20-14-22(18-10-6-5-7-11-18)27-21-13-9-8-12-19(20)21/h5-14,16-17H,1-4H3,(H,28,29)/t17-,25-/m1/s1. The number of carbonyl (C=O) groups excluding carboxylic acids is 2. The van der Waals surface area contributed by atoms with Crippen LogP contribution < -0.4 is 5.32 Å². The summed E-state index contributed by atoms with van der Waals surface area (Å²) >= 11 is 0. The normalized spacial score (nSPS) is 13.8. The van der Waals surface area contributed by atoms with E-state index in [-0.39, 0.29) is 5.92 Å². The van der Waals surface area contributed by atoms with Crippen LogP contribution in [-0.2, 0) is 9.53 Å². The number of benzene rings is 2. The molecule has 6 heteroatoms. The molecule has 0 unspecified atom stereocenters. The molecule has 0 saturated heterocycles. The zero-order chi connectivity index (χ0) is 22.6. The minimum absolute atomic E-state index is 0.109. The van der Waals surface area contributed by atoms with Crippen molar-refractivity contribution in [2.45, 2.75) is 39.3 Å². The van der Waals surface area contributed by atoms with E-state index < -0.39 is 23.5 Å². The van der Waals surface area contributed by atoms with Gasteiger partial charge in [0.1, 0.15) is 5.54 Å². The SMILES string of the molecule is CC(C)[C@@](C)(C#N)NC(=O)[C@@H](C)OC(=O)c1cc(-c2ccccc2)nc2ccccc12. The Morgan fingerprint density at radius 3 is 2.35 bits per heavy atom. The monoisotopic (exact) mass is 415 g/mol. The Hall–Kier alpha value is -3.72. The number of fused-ring (bicyclic) bond motifs is 1. The van der Waals surface area contributed by atoms with Crippen molar-refractivity contribution < 1.29 is 14.3 Å². The smallest absolute Gasteiger partial charge is 0.339 e. The van der Waals surface area contributed by atoms with E-state index in [0.29, 0.717) is 22.2 Å². The summed E-state index contributed by atoms with van der Waals surface area (Å²) in [6.45, 7) is 6.82. The molecule has 1 aromatic heterocycles. The van der Waals surface area contributed by atoms with Gasteiger partial charge in [0.25, 0.3) is 5.91 Å². The molecule has 0 spiro atoms. The van der Waals surface area contributed by atoms with E-state index in [2.05, 4.69) is 16.4 Å². The Labute approximate surface area is 181 Å². The lowest BCUT2D eigenvalue weighted by Gasteiger charge is -2.28. The first-order chi connectivity index (χ1) is 14.7. The van der Waals surface area contributed by atoms with Gasteiger partial charge in [-0.05, 0) is 31.9 Å². The van der Waals surface area contributed by atoms with Gasteiger partial charge in [-0.15, -0.1) is 0 Å². The predicted molar refractivity (Wildman–Crippen MR) is 119 cm³/mol. The van der Waals surface area contributed by atoms with E-state index in [1.54, 1.807) is 19.1 Å². The fourth-order valence-corrected chi connectivity index (χ4v) is 3.04. The van der Waals surface area contributed by atoms with Gasteiger partial charge in [0.15, 0.2) is 6.10 Å². The molecule has 158 valence electrons. The first kappa shape index (κ1) is 22.0. The lowest BCUT2D eigenvalue weighted by Crippen LogP contribution is -2.52. The zero-order valence-electron chi connectivity index (χ0n) is 18.0. The van der Waals surface area contributed by atoms with Gasteiger partial charge in [0.05, 0.1) is 22.8 Å². The molecular weight excluding hydrogens is 390 g/mol. The van der Waals surface area contributed by atoms with Crippen LogP contribution in [0.25, 0.3) is 22.2 Å². The number of amides is 1. The van der Waals surface area contributed by atoms with Crippen LogP contribution in [-0.4, -0.2) is 28.5 Å². The van der Waals surface area contributed by atoms with Crippen molar-refractivity contribution in [1.82, 2.24) is 10.3 Å². The molecular formula is C25H25N3O3. The number of nitriles is 1. The van der Waals surface area contributed by atoms with Crippen LogP contribution in [0.2, 0.25) is 0 Å². The summed E-state index contributed by atoms with van der Waals surface area (Å²) in [6, 6.07) is 20.6. The van der Waals surface area contributed by atoms with Gasteiger partial charge in [0, 0.05) is 10.9 Å². The van der Waals surface area contributed by atoms with Crippen molar-refractivity contribution in [2.24, 2.45) is 5.92 Å². The minimum atomic E-state index is -1.06. The summed E-state index contributed by atoms with van der Waals surface area (Å²) in [5.74, 6) is -1.25. The van der Waals surface area contributed by atoms with Crippen molar-refractivity contribution >= 4 is 22.8 Å². The summed E-state index contributed by atoms with van der Waals surface area (Å²) in [4.78, 5) is 30.3. The molecule has 0 aliphatic rings. The van der Waals surface area contributed by atoms with E-state index in [1.165, 1.54) is 6.92 Å². The minimum Gasteiger partial charge on any atom is -0.449 e. The molecule has 6 nitrogen and oxygen atoms in total. The number of hydrogen-bond donors (Lipinski definition) is 1. The third kappa shape index (κ3) is 4.72. The van der Waals surface area contributed by atoms with Gasteiger partial charge in [-0.3, -0.25) is 4.79 Å². The molecule has 0 aliphatic heterocycles. The largest absolute Gasteiger partial charge is 0.449 e. The first-order valence-corrected chi connectivity index (χ1v) is 10.1. The van der Waals surface area contributed by atoms with Gasteiger partial charge in [-0.2, -0.15) is 5.26 Å². The average molecular weight is 415 g/mol. The van der Waals surface area contributed by atoms with Gasteiger partial charge in [0.2, 0.25) is 0 Å². The Morgan fingerprint density at radius 1 is 1.06 bits per heavy atom. The van der Waals surface area contributed by atoms with Crippen LogP contribution in [0.15, 0.2) is 60.7 Å². The van der Waals surface area contributed by atoms with Gasteiger partial charge in [-0.1, -0.05) is 62.4 Å².